The van der Waals surface area contributed by atoms with Crippen molar-refractivity contribution in [2.75, 3.05) is 31.1 Å². The van der Waals surface area contributed by atoms with Gasteiger partial charge < -0.3 is 9.80 Å². The van der Waals surface area contributed by atoms with Crippen molar-refractivity contribution in [1.82, 2.24) is 4.90 Å². The summed E-state index contributed by atoms with van der Waals surface area (Å²) in [4.78, 5) is 15.5. The summed E-state index contributed by atoms with van der Waals surface area (Å²) in [6.45, 7) is 1.15. The number of hydrogen-bond acceptors (Lipinski definition) is 4. The summed E-state index contributed by atoms with van der Waals surface area (Å²) in [5.74, 6) is -3.79. The number of rotatable bonds is 4. The van der Waals surface area contributed by atoms with E-state index in [4.69, 9.17) is 23.2 Å². The first kappa shape index (κ1) is 20.8. The van der Waals surface area contributed by atoms with Gasteiger partial charge in [0.05, 0.1) is 26.2 Å². The minimum absolute atomic E-state index is 0.171. The molecular weight excluding hydrogens is 433 g/mol. The maximum absolute atomic E-state index is 13.0. The third kappa shape index (κ3) is 3.94. The molecule has 1 fully saturated rings. The SMILES string of the molecule is O=C(c1cccc(Cl)c1Cl)N1CCN(c2ccccc2S(=O)(=O)C(F)F)CC1. The van der Waals surface area contributed by atoms with E-state index in [0.29, 0.717) is 13.1 Å². The first-order chi connectivity index (χ1) is 13.2. The molecule has 1 amide bonds. The fourth-order valence-corrected chi connectivity index (χ4v) is 4.37. The number of benzene rings is 2. The number of halogens is 4. The second-order valence-corrected chi connectivity index (χ2v) is 8.83. The molecule has 2 aromatic rings. The molecule has 0 radical (unpaired) electrons. The Bertz CT molecular complexity index is 994. The molecule has 2 aromatic carbocycles. The topological polar surface area (TPSA) is 57.7 Å². The van der Waals surface area contributed by atoms with E-state index in [-0.39, 0.29) is 40.3 Å². The van der Waals surface area contributed by atoms with E-state index in [9.17, 15) is 22.0 Å². The Labute approximate surface area is 171 Å². The molecule has 1 heterocycles. The molecule has 28 heavy (non-hydrogen) atoms. The summed E-state index contributed by atoms with van der Waals surface area (Å²) in [7, 11) is -4.73. The standard InChI is InChI=1S/C18H16Cl2F2N2O3S/c19-13-5-3-4-12(16(13)20)17(25)24-10-8-23(9-11-24)14-6-1-2-7-15(14)28(26,27)18(21)22/h1-7,18H,8-11H2. The lowest BCUT2D eigenvalue weighted by molar-refractivity contribution is 0.0747. The normalized spacial score (nSPS) is 15.2. The first-order valence-corrected chi connectivity index (χ1v) is 10.6. The smallest absolute Gasteiger partial charge is 0.341 e. The molecule has 0 N–H and O–H groups in total. The van der Waals surface area contributed by atoms with Crippen LogP contribution in [0.5, 0.6) is 0 Å². The molecule has 1 aliphatic rings. The van der Waals surface area contributed by atoms with Crippen LogP contribution in [0.1, 0.15) is 10.4 Å². The van der Waals surface area contributed by atoms with Gasteiger partial charge in [-0.15, -0.1) is 0 Å². The highest BCUT2D eigenvalue weighted by molar-refractivity contribution is 7.91. The van der Waals surface area contributed by atoms with E-state index in [1.54, 1.807) is 34.1 Å². The van der Waals surface area contributed by atoms with Crippen LogP contribution in [0.25, 0.3) is 0 Å². The van der Waals surface area contributed by atoms with Crippen LogP contribution < -0.4 is 4.90 Å². The molecule has 0 aromatic heterocycles. The summed E-state index contributed by atoms with van der Waals surface area (Å²) < 4.78 is 49.9. The first-order valence-electron chi connectivity index (χ1n) is 8.33. The molecule has 1 aliphatic heterocycles. The molecule has 3 rings (SSSR count). The lowest BCUT2D eigenvalue weighted by atomic mass is 10.1. The summed E-state index contributed by atoms with van der Waals surface area (Å²) in [6.07, 6.45) is 0. The van der Waals surface area contributed by atoms with E-state index in [0.717, 1.165) is 0 Å². The molecule has 0 saturated carbocycles. The molecule has 0 bridgehead atoms. The Hall–Kier alpha value is -1.90. The lowest BCUT2D eigenvalue weighted by Gasteiger charge is -2.37. The third-order valence-electron chi connectivity index (χ3n) is 4.50. The van der Waals surface area contributed by atoms with Gasteiger partial charge in [-0.1, -0.05) is 41.4 Å². The summed E-state index contributed by atoms with van der Waals surface area (Å²) >= 11 is 12.1. The Morgan fingerprint density at radius 2 is 1.61 bits per heavy atom. The fraction of sp³-hybridized carbons (Fsp3) is 0.278. The Morgan fingerprint density at radius 3 is 2.25 bits per heavy atom. The zero-order valence-corrected chi connectivity index (χ0v) is 16.8. The number of carbonyl (C=O) groups is 1. The van der Waals surface area contributed by atoms with Crippen molar-refractivity contribution >= 4 is 44.6 Å². The second kappa shape index (κ2) is 8.23. The van der Waals surface area contributed by atoms with E-state index in [2.05, 4.69) is 0 Å². The van der Waals surface area contributed by atoms with E-state index >= 15 is 0 Å². The van der Waals surface area contributed by atoms with Crippen LogP contribution in [-0.4, -0.2) is 51.2 Å². The number of alkyl halides is 2. The number of hydrogen-bond donors (Lipinski definition) is 0. The zero-order chi connectivity index (χ0) is 20.5. The monoisotopic (exact) mass is 448 g/mol. The van der Waals surface area contributed by atoms with E-state index < -0.39 is 20.5 Å². The molecule has 0 atom stereocenters. The van der Waals surface area contributed by atoms with Gasteiger partial charge in [0.2, 0.25) is 9.84 Å². The minimum atomic E-state index is -4.73. The second-order valence-electron chi connectivity index (χ2n) is 6.15. The van der Waals surface area contributed by atoms with Gasteiger partial charge in [0.15, 0.2) is 0 Å². The fourth-order valence-electron chi connectivity index (χ4n) is 3.04. The van der Waals surface area contributed by atoms with Crippen molar-refractivity contribution in [2.45, 2.75) is 10.7 Å². The average molecular weight is 449 g/mol. The third-order valence-corrected chi connectivity index (χ3v) is 6.74. The highest BCUT2D eigenvalue weighted by atomic mass is 35.5. The van der Waals surface area contributed by atoms with Crippen LogP contribution in [0, 0.1) is 0 Å². The molecule has 0 aliphatic carbocycles. The van der Waals surface area contributed by atoms with Crippen molar-refractivity contribution in [3.8, 4) is 0 Å². The largest absolute Gasteiger partial charge is 0.367 e. The van der Waals surface area contributed by atoms with Crippen LogP contribution in [0.3, 0.4) is 0 Å². The number of para-hydroxylation sites is 1. The maximum Gasteiger partial charge on any atom is 0.341 e. The van der Waals surface area contributed by atoms with Gasteiger partial charge in [0.1, 0.15) is 0 Å². The Balaban J connectivity index is 1.78. The summed E-state index contributed by atoms with van der Waals surface area (Å²) in [6, 6.07) is 10.4. The van der Waals surface area contributed by atoms with Crippen molar-refractivity contribution in [3.05, 3.63) is 58.1 Å². The molecule has 10 heteroatoms. The number of piperazine rings is 1. The number of nitrogens with zero attached hydrogens (tertiary/aromatic N) is 2. The van der Waals surface area contributed by atoms with Crippen molar-refractivity contribution in [3.63, 3.8) is 0 Å². The van der Waals surface area contributed by atoms with Crippen molar-refractivity contribution in [2.24, 2.45) is 0 Å². The van der Waals surface area contributed by atoms with Crippen molar-refractivity contribution in [1.29, 1.82) is 0 Å². The molecule has 5 nitrogen and oxygen atoms in total. The van der Waals surface area contributed by atoms with Crippen LogP contribution in [-0.2, 0) is 9.84 Å². The van der Waals surface area contributed by atoms with Crippen LogP contribution in [0.2, 0.25) is 10.0 Å². The van der Waals surface area contributed by atoms with Crippen molar-refractivity contribution < 1.29 is 22.0 Å². The van der Waals surface area contributed by atoms with Gasteiger partial charge in [0, 0.05) is 26.2 Å². The van der Waals surface area contributed by atoms with E-state index in [1.807, 2.05) is 0 Å². The molecule has 0 spiro atoms. The quantitative estimate of drug-likeness (QED) is 0.710. The molecule has 150 valence electrons. The van der Waals surface area contributed by atoms with Gasteiger partial charge >= 0.3 is 5.76 Å². The predicted octanol–water partition coefficient (Wildman–Crippen LogP) is 3.95. The average Bonchev–Trinajstić information content (AvgIpc) is 2.69. The Morgan fingerprint density at radius 1 is 0.964 bits per heavy atom. The lowest BCUT2D eigenvalue weighted by Crippen LogP contribution is -2.49. The number of amides is 1. The van der Waals surface area contributed by atoms with Gasteiger partial charge in [-0.2, -0.15) is 8.78 Å². The number of anilines is 1. The van der Waals surface area contributed by atoms with Gasteiger partial charge in [0.25, 0.3) is 5.91 Å². The summed E-state index contributed by atoms with van der Waals surface area (Å²) in [5.41, 5.74) is 0.485. The van der Waals surface area contributed by atoms with Crippen LogP contribution in [0.15, 0.2) is 47.4 Å². The van der Waals surface area contributed by atoms with Crippen LogP contribution >= 0.6 is 23.2 Å². The number of carbonyl (C=O) groups excluding carboxylic acids is 1. The molecular formula is C18H16Cl2F2N2O3S. The predicted molar refractivity (Wildman–Crippen MR) is 104 cm³/mol. The number of sulfone groups is 1. The minimum Gasteiger partial charge on any atom is -0.367 e. The molecule has 0 unspecified atom stereocenters. The van der Waals surface area contributed by atoms with Gasteiger partial charge in [-0.3, -0.25) is 4.79 Å². The van der Waals surface area contributed by atoms with E-state index in [1.165, 1.54) is 18.2 Å². The highest BCUT2D eigenvalue weighted by Gasteiger charge is 2.32. The van der Waals surface area contributed by atoms with Crippen LogP contribution in [0.4, 0.5) is 14.5 Å². The summed E-state index contributed by atoms with van der Waals surface area (Å²) in [5, 5.41) is 0.447. The van der Waals surface area contributed by atoms with Gasteiger partial charge in [-0.05, 0) is 24.3 Å². The zero-order valence-electron chi connectivity index (χ0n) is 14.5. The van der Waals surface area contributed by atoms with Gasteiger partial charge in [-0.25, -0.2) is 8.42 Å². The molecule has 1 saturated heterocycles. The Kier molecular flexibility index (Phi) is 6.12. The maximum atomic E-state index is 13.0. The highest BCUT2D eigenvalue weighted by Crippen LogP contribution is 2.31.